The van der Waals surface area contributed by atoms with Gasteiger partial charge in [0.15, 0.2) is 0 Å². The van der Waals surface area contributed by atoms with E-state index in [1.807, 2.05) is 24.3 Å². The van der Waals surface area contributed by atoms with Gasteiger partial charge in [0.2, 0.25) is 0 Å². The van der Waals surface area contributed by atoms with Crippen molar-refractivity contribution in [1.29, 1.82) is 0 Å². The van der Waals surface area contributed by atoms with E-state index in [2.05, 4.69) is 0 Å². The summed E-state index contributed by atoms with van der Waals surface area (Å²) in [6.07, 6.45) is 0. The molecule has 0 heterocycles. The number of phenolic OH excluding ortho intramolecular Hbond substituents is 2. The Morgan fingerprint density at radius 1 is 0.562 bits per heavy atom. The van der Waals surface area contributed by atoms with E-state index in [1.54, 1.807) is 24.3 Å². The van der Waals surface area contributed by atoms with Crippen LogP contribution in [0.5, 0.6) is 11.5 Å². The van der Waals surface area contributed by atoms with Gasteiger partial charge in [0.1, 0.15) is 11.5 Å². The van der Waals surface area contributed by atoms with Crippen LogP contribution in [0.1, 0.15) is 0 Å². The van der Waals surface area contributed by atoms with E-state index in [4.69, 9.17) is 10.2 Å². The molecular weight excluding hydrogens is 215 g/mol. The van der Waals surface area contributed by atoms with Crippen LogP contribution < -0.4 is 29.6 Å². The first-order valence-electron chi connectivity index (χ1n) is 4.34. The van der Waals surface area contributed by atoms with Crippen LogP contribution in [0, 0.1) is 0 Å². The molecule has 0 saturated carbocycles. The van der Waals surface area contributed by atoms with Crippen molar-refractivity contribution in [2.45, 2.75) is 0 Å². The molecule has 0 aliphatic heterocycles. The van der Waals surface area contributed by atoms with Gasteiger partial charge in [-0.05, 0) is 35.4 Å². The predicted octanol–water partition coefficient (Wildman–Crippen LogP) is -0.408. The second-order valence-corrected chi connectivity index (χ2v) is 3.09. The van der Waals surface area contributed by atoms with Gasteiger partial charge < -0.3 is 15.7 Å². The van der Waals surface area contributed by atoms with E-state index in [1.165, 1.54) is 0 Å². The van der Waals surface area contributed by atoms with Crippen LogP contribution in [-0.4, -0.2) is 15.7 Å². The molecule has 3 N–H and O–H groups in total. The van der Waals surface area contributed by atoms with Crippen LogP contribution in [0.2, 0.25) is 0 Å². The fraction of sp³-hybridized carbons (Fsp3) is 0. The molecule has 0 fully saturated rings. The molecule has 0 saturated heterocycles. The van der Waals surface area contributed by atoms with Gasteiger partial charge >= 0.3 is 29.6 Å². The summed E-state index contributed by atoms with van der Waals surface area (Å²) < 4.78 is 0. The minimum atomic E-state index is 0. The van der Waals surface area contributed by atoms with E-state index >= 15 is 0 Å². The van der Waals surface area contributed by atoms with Crippen molar-refractivity contribution in [3.63, 3.8) is 0 Å². The molecule has 0 bridgehead atoms. The maximum Gasteiger partial charge on any atom is 1.00 e. The maximum absolute atomic E-state index is 9.11. The Bertz CT molecular complexity index is 380. The van der Waals surface area contributed by atoms with Crippen molar-refractivity contribution in [3.05, 3.63) is 48.5 Å². The first kappa shape index (κ1) is 15.0. The Morgan fingerprint density at radius 2 is 0.812 bits per heavy atom. The number of hydrogen-bond donors (Lipinski definition) is 2. The summed E-state index contributed by atoms with van der Waals surface area (Å²) in [4.78, 5) is 0. The van der Waals surface area contributed by atoms with Crippen LogP contribution in [0.15, 0.2) is 48.5 Å². The third kappa shape index (κ3) is 3.54. The van der Waals surface area contributed by atoms with Gasteiger partial charge in [-0.15, -0.1) is 0 Å². The summed E-state index contributed by atoms with van der Waals surface area (Å²) >= 11 is 0. The zero-order valence-electron chi connectivity index (χ0n) is 8.96. The van der Waals surface area contributed by atoms with Crippen molar-refractivity contribution in [3.8, 4) is 22.6 Å². The SMILES string of the molecule is Oc1ccc(-c2ccc(O)cc2)cc1.[Na+].[OH-]. The summed E-state index contributed by atoms with van der Waals surface area (Å²) in [5.74, 6) is 0.514. The number of hydrogen-bond acceptors (Lipinski definition) is 3. The number of benzene rings is 2. The van der Waals surface area contributed by atoms with Crippen molar-refractivity contribution in [2.24, 2.45) is 0 Å². The maximum atomic E-state index is 9.11. The standard InChI is InChI=1S/C12H10O2.Na.H2O/c13-11-5-1-9(2-6-11)10-3-7-12(14)8-4-10;;/h1-8,13-14H;;1H2/q;+1;/p-1. The second kappa shape index (κ2) is 6.55. The summed E-state index contributed by atoms with van der Waals surface area (Å²) in [5.41, 5.74) is 2.03. The van der Waals surface area contributed by atoms with Crippen molar-refractivity contribution < 1.29 is 45.2 Å². The Balaban J connectivity index is 0.00000112. The Morgan fingerprint density at radius 3 is 1.06 bits per heavy atom. The zero-order chi connectivity index (χ0) is 9.97. The molecule has 3 nitrogen and oxygen atoms in total. The summed E-state index contributed by atoms with van der Waals surface area (Å²) in [6, 6.07) is 13.9. The normalized spacial score (nSPS) is 8.75. The molecule has 2 aromatic carbocycles. The molecule has 16 heavy (non-hydrogen) atoms. The fourth-order valence-electron chi connectivity index (χ4n) is 1.31. The monoisotopic (exact) mass is 226 g/mol. The Kier molecular flexibility index (Phi) is 6.14. The quantitative estimate of drug-likeness (QED) is 0.649. The number of rotatable bonds is 1. The Labute approximate surface area is 116 Å². The first-order chi connectivity index (χ1) is 6.75. The van der Waals surface area contributed by atoms with Crippen LogP contribution in [0.25, 0.3) is 11.1 Å². The van der Waals surface area contributed by atoms with E-state index in [0.717, 1.165) is 11.1 Å². The van der Waals surface area contributed by atoms with E-state index < -0.39 is 0 Å². The molecule has 0 aromatic heterocycles. The van der Waals surface area contributed by atoms with Gasteiger partial charge in [-0.1, -0.05) is 24.3 Å². The molecule has 0 radical (unpaired) electrons. The third-order valence-electron chi connectivity index (χ3n) is 2.07. The largest absolute Gasteiger partial charge is 1.00 e. The Hall–Kier alpha value is -1.00. The molecule has 0 aliphatic rings. The van der Waals surface area contributed by atoms with Crippen molar-refractivity contribution in [2.75, 3.05) is 0 Å². The van der Waals surface area contributed by atoms with Gasteiger partial charge in [0.25, 0.3) is 0 Å². The average Bonchev–Trinajstić information content (AvgIpc) is 2.21. The van der Waals surface area contributed by atoms with Crippen LogP contribution in [0.3, 0.4) is 0 Å². The number of aromatic hydroxyl groups is 2. The van der Waals surface area contributed by atoms with Crippen molar-refractivity contribution >= 4 is 0 Å². The molecule has 2 rings (SSSR count). The molecule has 0 aliphatic carbocycles. The van der Waals surface area contributed by atoms with E-state index in [-0.39, 0.29) is 46.5 Å². The van der Waals surface area contributed by atoms with Gasteiger partial charge in [0.05, 0.1) is 0 Å². The van der Waals surface area contributed by atoms with Gasteiger partial charge in [-0.25, -0.2) is 0 Å². The molecule has 0 spiro atoms. The smallest absolute Gasteiger partial charge is 0.870 e. The number of phenols is 2. The fourth-order valence-corrected chi connectivity index (χ4v) is 1.31. The molecule has 2 aromatic rings. The molecular formula is C12H11NaO3. The average molecular weight is 226 g/mol. The van der Waals surface area contributed by atoms with E-state index in [9.17, 15) is 0 Å². The van der Waals surface area contributed by atoms with E-state index in [0.29, 0.717) is 0 Å². The summed E-state index contributed by atoms with van der Waals surface area (Å²) in [5, 5.41) is 18.2. The molecule has 0 amide bonds. The summed E-state index contributed by atoms with van der Waals surface area (Å²) in [6.45, 7) is 0. The second-order valence-electron chi connectivity index (χ2n) is 3.09. The molecule has 0 unspecified atom stereocenters. The van der Waals surface area contributed by atoms with Gasteiger partial charge in [-0.3, -0.25) is 0 Å². The predicted molar refractivity (Wildman–Crippen MR) is 57.1 cm³/mol. The van der Waals surface area contributed by atoms with Crippen LogP contribution >= 0.6 is 0 Å². The zero-order valence-corrected chi connectivity index (χ0v) is 11.0. The van der Waals surface area contributed by atoms with Crippen LogP contribution in [-0.2, 0) is 0 Å². The van der Waals surface area contributed by atoms with Gasteiger partial charge in [-0.2, -0.15) is 0 Å². The van der Waals surface area contributed by atoms with Gasteiger partial charge in [0, 0.05) is 0 Å². The molecule has 4 heteroatoms. The van der Waals surface area contributed by atoms with Crippen molar-refractivity contribution in [1.82, 2.24) is 0 Å². The topological polar surface area (TPSA) is 70.5 Å². The minimum Gasteiger partial charge on any atom is -0.870 e. The molecule has 78 valence electrons. The first-order valence-corrected chi connectivity index (χ1v) is 4.34. The van der Waals surface area contributed by atoms with Crippen LogP contribution in [0.4, 0.5) is 0 Å². The summed E-state index contributed by atoms with van der Waals surface area (Å²) in [7, 11) is 0. The molecule has 0 atom stereocenters. The minimum absolute atomic E-state index is 0. The third-order valence-corrected chi connectivity index (χ3v) is 2.07.